The summed E-state index contributed by atoms with van der Waals surface area (Å²) in [6.07, 6.45) is 5.29. The fraction of sp³-hybridized carbons (Fsp3) is 0.750. The quantitative estimate of drug-likeness (QED) is 0.349. The highest BCUT2D eigenvalue weighted by Crippen LogP contribution is 2.35. The molecule has 16 heavy (non-hydrogen) atoms. The summed E-state index contributed by atoms with van der Waals surface area (Å²) in [7, 11) is 0. The van der Waals surface area contributed by atoms with E-state index in [1.54, 1.807) is 0 Å². The van der Waals surface area contributed by atoms with Gasteiger partial charge in [-0.15, -0.1) is 0 Å². The molecule has 0 heterocycles. The van der Waals surface area contributed by atoms with Gasteiger partial charge in [-0.25, -0.2) is 4.89 Å². The molecule has 0 aliphatic heterocycles. The van der Waals surface area contributed by atoms with E-state index >= 15 is 0 Å². The average Bonchev–Trinajstić information content (AvgIpc) is 2.16. The molecule has 1 aliphatic carbocycles. The second kappa shape index (κ2) is 4.55. The van der Waals surface area contributed by atoms with Crippen LogP contribution in [0, 0.1) is 5.92 Å². The SMILES string of the molecule is CC(=O)OC(C)(C)[C@H]1C=C[C@](C)(OO)CC1. The summed E-state index contributed by atoms with van der Waals surface area (Å²) in [5.41, 5.74) is -1.12. The number of ether oxygens (including phenoxy) is 1. The van der Waals surface area contributed by atoms with E-state index in [1.807, 2.05) is 32.9 Å². The maximum atomic E-state index is 11.0. The zero-order chi connectivity index (χ0) is 12.4. The summed E-state index contributed by atoms with van der Waals surface area (Å²) in [6, 6.07) is 0. The van der Waals surface area contributed by atoms with E-state index in [0.717, 1.165) is 6.42 Å². The Morgan fingerprint density at radius 3 is 2.56 bits per heavy atom. The van der Waals surface area contributed by atoms with Crippen LogP contribution in [0.5, 0.6) is 0 Å². The molecule has 0 aromatic carbocycles. The van der Waals surface area contributed by atoms with Crippen molar-refractivity contribution in [2.24, 2.45) is 5.92 Å². The fourth-order valence-corrected chi connectivity index (χ4v) is 2.04. The van der Waals surface area contributed by atoms with Gasteiger partial charge in [0, 0.05) is 12.8 Å². The monoisotopic (exact) mass is 228 g/mol. The van der Waals surface area contributed by atoms with E-state index in [4.69, 9.17) is 9.99 Å². The van der Waals surface area contributed by atoms with Crippen molar-refractivity contribution in [3.8, 4) is 0 Å². The van der Waals surface area contributed by atoms with E-state index in [2.05, 4.69) is 4.89 Å². The van der Waals surface area contributed by atoms with E-state index in [0.29, 0.717) is 6.42 Å². The van der Waals surface area contributed by atoms with Gasteiger partial charge in [-0.3, -0.25) is 10.1 Å². The minimum Gasteiger partial charge on any atom is -0.459 e. The Labute approximate surface area is 96.2 Å². The molecule has 0 aromatic heterocycles. The molecule has 4 heteroatoms. The number of rotatable bonds is 3. The van der Waals surface area contributed by atoms with Crippen molar-refractivity contribution in [1.82, 2.24) is 0 Å². The Bertz CT molecular complexity index is 295. The summed E-state index contributed by atoms with van der Waals surface area (Å²) in [6.45, 7) is 7.02. The Morgan fingerprint density at radius 2 is 2.19 bits per heavy atom. The molecule has 1 aliphatic rings. The first kappa shape index (κ1) is 13.2. The van der Waals surface area contributed by atoms with E-state index in [1.165, 1.54) is 6.92 Å². The van der Waals surface area contributed by atoms with Gasteiger partial charge >= 0.3 is 5.97 Å². The zero-order valence-corrected chi connectivity index (χ0v) is 10.3. The molecule has 4 nitrogen and oxygen atoms in total. The molecule has 0 spiro atoms. The van der Waals surface area contributed by atoms with Gasteiger partial charge in [-0.1, -0.05) is 12.2 Å². The Morgan fingerprint density at radius 1 is 1.56 bits per heavy atom. The molecule has 1 N–H and O–H groups in total. The third-order valence-electron chi connectivity index (χ3n) is 3.14. The molecule has 0 amide bonds. The number of hydrogen-bond acceptors (Lipinski definition) is 4. The van der Waals surface area contributed by atoms with Crippen LogP contribution in [0.15, 0.2) is 12.2 Å². The predicted molar refractivity (Wildman–Crippen MR) is 59.8 cm³/mol. The largest absolute Gasteiger partial charge is 0.459 e. The molecule has 0 saturated carbocycles. The summed E-state index contributed by atoms with van der Waals surface area (Å²) >= 11 is 0. The van der Waals surface area contributed by atoms with E-state index < -0.39 is 11.2 Å². The molecular formula is C12H20O4. The van der Waals surface area contributed by atoms with Gasteiger partial charge in [-0.2, -0.15) is 0 Å². The van der Waals surface area contributed by atoms with Crippen LogP contribution in [0.3, 0.4) is 0 Å². The van der Waals surface area contributed by atoms with Gasteiger partial charge in [0.2, 0.25) is 0 Å². The van der Waals surface area contributed by atoms with Gasteiger partial charge in [-0.05, 0) is 33.6 Å². The third-order valence-corrected chi connectivity index (χ3v) is 3.14. The van der Waals surface area contributed by atoms with Crippen LogP contribution in [-0.2, 0) is 14.4 Å². The normalized spacial score (nSPS) is 30.2. The molecule has 0 radical (unpaired) electrons. The lowest BCUT2D eigenvalue weighted by Crippen LogP contribution is -2.39. The minimum atomic E-state index is -0.608. The highest BCUT2D eigenvalue weighted by Gasteiger charge is 2.36. The van der Waals surface area contributed by atoms with Crippen molar-refractivity contribution in [2.45, 2.75) is 51.7 Å². The smallest absolute Gasteiger partial charge is 0.303 e. The highest BCUT2D eigenvalue weighted by molar-refractivity contribution is 5.66. The highest BCUT2D eigenvalue weighted by atomic mass is 17.1. The Balaban J connectivity index is 2.71. The van der Waals surface area contributed by atoms with Crippen LogP contribution in [-0.4, -0.2) is 22.4 Å². The topological polar surface area (TPSA) is 55.8 Å². The van der Waals surface area contributed by atoms with Gasteiger partial charge < -0.3 is 4.74 Å². The lowest BCUT2D eigenvalue weighted by Gasteiger charge is -2.37. The molecule has 0 aromatic rings. The summed E-state index contributed by atoms with van der Waals surface area (Å²) in [5, 5.41) is 8.75. The average molecular weight is 228 g/mol. The van der Waals surface area contributed by atoms with Crippen LogP contribution >= 0.6 is 0 Å². The Hall–Kier alpha value is -0.870. The van der Waals surface area contributed by atoms with Crippen molar-refractivity contribution in [2.75, 3.05) is 0 Å². The molecule has 92 valence electrons. The van der Waals surface area contributed by atoms with E-state index in [9.17, 15) is 4.79 Å². The van der Waals surface area contributed by atoms with Crippen LogP contribution < -0.4 is 0 Å². The van der Waals surface area contributed by atoms with Crippen molar-refractivity contribution in [1.29, 1.82) is 0 Å². The molecule has 0 saturated heterocycles. The van der Waals surface area contributed by atoms with Crippen LogP contribution in [0.4, 0.5) is 0 Å². The van der Waals surface area contributed by atoms with Gasteiger partial charge in [0.1, 0.15) is 11.2 Å². The standard InChI is InChI=1S/C12H20O4/c1-9(13)15-11(2,3)10-5-7-12(4,16-14)8-6-10/h5,7,10,14H,6,8H2,1-4H3/t10-,12-/m0/s1. The number of hydrogen-bond donors (Lipinski definition) is 1. The van der Waals surface area contributed by atoms with Crippen molar-refractivity contribution < 1.29 is 19.7 Å². The minimum absolute atomic E-state index is 0.152. The second-order valence-electron chi connectivity index (χ2n) is 5.11. The lowest BCUT2D eigenvalue weighted by molar-refractivity contribution is -0.306. The first-order valence-corrected chi connectivity index (χ1v) is 5.50. The van der Waals surface area contributed by atoms with Crippen molar-refractivity contribution in [3.05, 3.63) is 12.2 Å². The van der Waals surface area contributed by atoms with Gasteiger partial charge in [0.15, 0.2) is 0 Å². The zero-order valence-electron chi connectivity index (χ0n) is 10.3. The number of carbonyl (C=O) groups is 1. The van der Waals surface area contributed by atoms with Crippen LogP contribution in [0.25, 0.3) is 0 Å². The lowest BCUT2D eigenvalue weighted by atomic mass is 9.78. The predicted octanol–water partition coefficient (Wildman–Crippen LogP) is 2.54. The maximum Gasteiger partial charge on any atom is 0.303 e. The number of esters is 1. The van der Waals surface area contributed by atoms with E-state index in [-0.39, 0.29) is 11.9 Å². The van der Waals surface area contributed by atoms with Crippen molar-refractivity contribution in [3.63, 3.8) is 0 Å². The second-order valence-corrected chi connectivity index (χ2v) is 5.11. The maximum absolute atomic E-state index is 11.0. The molecular weight excluding hydrogens is 208 g/mol. The fourth-order valence-electron chi connectivity index (χ4n) is 2.04. The third kappa shape index (κ3) is 3.06. The first-order valence-electron chi connectivity index (χ1n) is 5.50. The molecule has 0 unspecified atom stereocenters. The first-order chi connectivity index (χ1) is 7.29. The van der Waals surface area contributed by atoms with Gasteiger partial charge in [0.25, 0.3) is 0 Å². The summed E-state index contributed by atoms with van der Waals surface area (Å²) in [4.78, 5) is 15.4. The summed E-state index contributed by atoms with van der Waals surface area (Å²) in [5.74, 6) is -0.121. The van der Waals surface area contributed by atoms with Crippen LogP contribution in [0.1, 0.15) is 40.5 Å². The van der Waals surface area contributed by atoms with Crippen molar-refractivity contribution >= 4 is 5.97 Å². The molecule has 1 rings (SSSR count). The molecule has 2 atom stereocenters. The molecule has 0 bridgehead atoms. The van der Waals surface area contributed by atoms with Crippen LogP contribution in [0.2, 0.25) is 0 Å². The Kier molecular flexibility index (Phi) is 3.76. The number of carbonyl (C=O) groups excluding carboxylic acids is 1. The summed E-state index contributed by atoms with van der Waals surface area (Å²) < 4.78 is 5.29. The van der Waals surface area contributed by atoms with Gasteiger partial charge in [0.05, 0.1) is 0 Å². The molecule has 0 fully saturated rings.